The van der Waals surface area contributed by atoms with E-state index in [-0.39, 0.29) is 18.6 Å². The Morgan fingerprint density at radius 1 is 1.19 bits per heavy atom. The van der Waals surface area contributed by atoms with Crippen molar-refractivity contribution in [1.82, 2.24) is 0 Å². The average Bonchev–Trinajstić information content (AvgIpc) is 2.24. The first-order chi connectivity index (χ1) is 7.47. The standard InChI is InChI=1S/C10H12F2O4/c11-6-3-5(4-8(15)9(6)12)10(16)7(14)1-2-13/h3-4,7,10,13-16H,1-2H2. The molecule has 4 N–H and O–H groups in total. The smallest absolute Gasteiger partial charge is 0.200 e. The molecule has 0 saturated heterocycles. The predicted molar refractivity (Wildman–Crippen MR) is 50.7 cm³/mol. The van der Waals surface area contributed by atoms with E-state index < -0.39 is 29.6 Å². The molecule has 6 heteroatoms. The van der Waals surface area contributed by atoms with Crippen molar-refractivity contribution >= 4 is 0 Å². The van der Waals surface area contributed by atoms with Crippen molar-refractivity contribution in [3.05, 3.63) is 29.3 Å². The minimum Gasteiger partial charge on any atom is -0.505 e. The topological polar surface area (TPSA) is 80.9 Å². The van der Waals surface area contributed by atoms with Gasteiger partial charge < -0.3 is 20.4 Å². The summed E-state index contributed by atoms with van der Waals surface area (Å²) in [6.07, 6.45) is -2.91. The van der Waals surface area contributed by atoms with Gasteiger partial charge in [0, 0.05) is 6.61 Å². The first-order valence-corrected chi connectivity index (χ1v) is 4.62. The molecule has 4 nitrogen and oxygen atoms in total. The van der Waals surface area contributed by atoms with Crippen LogP contribution >= 0.6 is 0 Å². The van der Waals surface area contributed by atoms with Crippen LogP contribution in [0.5, 0.6) is 5.75 Å². The first-order valence-electron chi connectivity index (χ1n) is 4.62. The van der Waals surface area contributed by atoms with Crippen LogP contribution in [0.1, 0.15) is 18.1 Å². The van der Waals surface area contributed by atoms with E-state index in [4.69, 9.17) is 10.2 Å². The maximum absolute atomic E-state index is 12.9. The summed E-state index contributed by atoms with van der Waals surface area (Å²) >= 11 is 0. The molecule has 1 aromatic rings. The van der Waals surface area contributed by atoms with Crippen molar-refractivity contribution in [2.24, 2.45) is 0 Å². The molecule has 16 heavy (non-hydrogen) atoms. The molecule has 0 aromatic heterocycles. The highest BCUT2D eigenvalue weighted by Gasteiger charge is 2.21. The third-order valence-electron chi connectivity index (χ3n) is 2.16. The lowest BCUT2D eigenvalue weighted by molar-refractivity contribution is 0.00391. The molecule has 1 rings (SSSR count). The molecule has 0 radical (unpaired) electrons. The van der Waals surface area contributed by atoms with Crippen LogP contribution in [-0.4, -0.2) is 33.1 Å². The zero-order valence-electron chi connectivity index (χ0n) is 8.27. The zero-order valence-corrected chi connectivity index (χ0v) is 8.27. The SMILES string of the molecule is OCCC(O)C(O)c1cc(O)c(F)c(F)c1. The zero-order chi connectivity index (χ0) is 12.3. The Kier molecular flexibility index (Phi) is 4.17. The normalized spacial score (nSPS) is 14.8. The highest BCUT2D eigenvalue weighted by Crippen LogP contribution is 2.26. The highest BCUT2D eigenvalue weighted by atomic mass is 19.2. The van der Waals surface area contributed by atoms with Crippen molar-refractivity contribution in [2.45, 2.75) is 18.6 Å². The fourth-order valence-corrected chi connectivity index (χ4v) is 1.28. The Morgan fingerprint density at radius 3 is 2.31 bits per heavy atom. The van der Waals surface area contributed by atoms with Crippen LogP contribution in [0, 0.1) is 11.6 Å². The second-order valence-electron chi connectivity index (χ2n) is 3.36. The van der Waals surface area contributed by atoms with E-state index in [1.165, 1.54) is 0 Å². The summed E-state index contributed by atoms with van der Waals surface area (Å²) in [5.74, 6) is -3.66. The summed E-state index contributed by atoms with van der Waals surface area (Å²) in [5.41, 5.74) is -0.155. The summed E-state index contributed by atoms with van der Waals surface area (Å²) in [6.45, 7) is -0.353. The van der Waals surface area contributed by atoms with E-state index in [9.17, 15) is 19.0 Å². The molecule has 0 heterocycles. The van der Waals surface area contributed by atoms with Gasteiger partial charge in [0.2, 0.25) is 0 Å². The van der Waals surface area contributed by atoms with Crippen molar-refractivity contribution in [2.75, 3.05) is 6.61 Å². The van der Waals surface area contributed by atoms with Crippen molar-refractivity contribution in [3.63, 3.8) is 0 Å². The third-order valence-corrected chi connectivity index (χ3v) is 2.16. The molecule has 0 aliphatic heterocycles. The first kappa shape index (κ1) is 12.8. The van der Waals surface area contributed by atoms with Gasteiger partial charge in [-0.2, -0.15) is 4.39 Å². The second-order valence-corrected chi connectivity index (χ2v) is 3.36. The molecule has 0 bridgehead atoms. The van der Waals surface area contributed by atoms with E-state index in [0.717, 1.165) is 6.07 Å². The lowest BCUT2D eigenvalue weighted by atomic mass is 10.0. The Morgan fingerprint density at radius 2 is 1.81 bits per heavy atom. The summed E-state index contributed by atoms with van der Waals surface area (Å²) < 4.78 is 25.6. The quantitative estimate of drug-likeness (QED) is 0.609. The summed E-state index contributed by atoms with van der Waals surface area (Å²) in [4.78, 5) is 0. The highest BCUT2D eigenvalue weighted by molar-refractivity contribution is 5.31. The van der Waals surface area contributed by atoms with Crippen molar-refractivity contribution < 1.29 is 29.2 Å². The maximum atomic E-state index is 12.9. The summed E-state index contributed by atoms with van der Waals surface area (Å²) in [7, 11) is 0. The Bertz CT molecular complexity index is 347. The van der Waals surface area contributed by atoms with Gasteiger partial charge in [-0.1, -0.05) is 0 Å². The summed E-state index contributed by atoms with van der Waals surface area (Å²) in [6, 6.07) is 1.50. The van der Waals surface area contributed by atoms with Gasteiger partial charge in [-0.25, -0.2) is 4.39 Å². The molecule has 90 valence electrons. The van der Waals surface area contributed by atoms with E-state index >= 15 is 0 Å². The van der Waals surface area contributed by atoms with Gasteiger partial charge in [0.15, 0.2) is 17.4 Å². The number of hydrogen-bond donors (Lipinski definition) is 4. The number of rotatable bonds is 4. The Labute approximate surface area is 90.4 Å². The van der Waals surface area contributed by atoms with Gasteiger partial charge in [-0.05, 0) is 24.1 Å². The van der Waals surface area contributed by atoms with Crippen LogP contribution in [0.3, 0.4) is 0 Å². The Hall–Kier alpha value is -1.24. The molecule has 0 spiro atoms. The molecule has 1 aromatic carbocycles. The van der Waals surface area contributed by atoms with Crippen LogP contribution in [-0.2, 0) is 0 Å². The number of hydrogen-bond acceptors (Lipinski definition) is 4. The molecule has 0 amide bonds. The van der Waals surface area contributed by atoms with Gasteiger partial charge in [0.1, 0.15) is 6.10 Å². The molecule has 0 aliphatic rings. The number of phenols is 1. The van der Waals surface area contributed by atoms with Gasteiger partial charge in [0.25, 0.3) is 0 Å². The number of benzene rings is 1. The maximum Gasteiger partial charge on any atom is 0.200 e. The monoisotopic (exact) mass is 234 g/mol. The molecule has 2 unspecified atom stereocenters. The summed E-state index contributed by atoms with van der Waals surface area (Å²) in [5, 5.41) is 36.3. The van der Waals surface area contributed by atoms with Gasteiger partial charge >= 0.3 is 0 Å². The van der Waals surface area contributed by atoms with E-state index in [1.54, 1.807) is 0 Å². The van der Waals surface area contributed by atoms with Crippen LogP contribution in [0.25, 0.3) is 0 Å². The molecule has 0 saturated carbocycles. The number of phenolic OH excluding ortho intramolecular Hbond substituents is 1. The van der Waals surface area contributed by atoms with Crippen LogP contribution in [0.4, 0.5) is 8.78 Å². The predicted octanol–water partition coefficient (Wildman–Crippen LogP) is 0.447. The minimum absolute atomic E-state index is 0.110. The largest absolute Gasteiger partial charge is 0.505 e. The van der Waals surface area contributed by atoms with Gasteiger partial charge in [0.05, 0.1) is 6.10 Å². The van der Waals surface area contributed by atoms with Crippen molar-refractivity contribution in [1.29, 1.82) is 0 Å². The number of aromatic hydroxyl groups is 1. The minimum atomic E-state index is -1.49. The second kappa shape index (κ2) is 5.20. The van der Waals surface area contributed by atoms with Gasteiger partial charge in [-0.15, -0.1) is 0 Å². The van der Waals surface area contributed by atoms with Crippen LogP contribution in [0.2, 0.25) is 0 Å². The van der Waals surface area contributed by atoms with E-state index in [2.05, 4.69) is 0 Å². The molecular formula is C10H12F2O4. The fourth-order valence-electron chi connectivity index (χ4n) is 1.28. The van der Waals surface area contributed by atoms with Crippen LogP contribution in [0.15, 0.2) is 12.1 Å². The number of aliphatic hydroxyl groups is 3. The molecule has 2 atom stereocenters. The third kappa shape index (κ3) is 2.66. The Balaban J connectivity index is 2.96. The average molecular weight is 234 g/mol. The van der Waals surface area contributed by atoms with E-state index in [1.807, 2.05) is 0 Å². The fraction of sp³-hybridized carbons (Fsp3) is 0.400. The molecule has 0 aliphatic carbocycles. The molecular weight excluding hydrogens is 222 g/mol. The number of aliphatic hydroxyl groups excluding tert-OH is 3. The number of halogens is 2. The van der Waals surface area contributed by atoms with Crippen molar-refractivity contribution in [3.8, 4) is 5.75 Å². The molecule has 0 fully saturated rings. The van der Waals surface area contributed by atoms with Gasteiger partial charge in [-0.3, -0.25) is 0 Å². The van der Waals surface area contributed by atoms with E-state index in [0.29, 0.717) is 6.07 Å². The lowest BCUT2D eigenvalue weighted by Crippen LogP contribution is -2.19. The van der Waals surface area contributed by atoms with Crippen LogP contribution < -0.4 is 0 Å². The lowest BCUT2D eigenvalue weighted by Gasteiger charge is -2.17.